The summed E-state index contributed by atoms with van der Waals surface area (Å²) in [7, 11) is 0. The van der Waals surface area contributed by atoms with Gasteiger partial charge in [-0.2, -0.15) is 0 Å². The Balaban J connectivity index is 2.44. The van der Waals surface area contributed by atoms with Crippen molar-refractivity contribution in [3.8, 4) is 0 Å². The molecule has 0 aromatic heterocycles. The summed E-state index contributed by atoms with van der Waals surface area (Å²) >= 11 is 0. The molecule has 0 aliphatic carbocycles. The molecular weight excluding hydrogens is 162 g/mol. The average molecular weight is 183 g/mol. The van der Waals surface area contributed by atoms with Gasteiger partial charge in [0.1, 0.15) is 5.78 Å². The van der Waals surface area contributed by atoms with Gasteiger partial charge in [-0.15, -0.1) is 0 Å². The molecule has 2 heteroatoms. The van der Waals surface area contributed by atoms with Crippen molar-refractivity contribution in [1.29, 1.82) is 0 Å². The molecule has 0 unspecified atom stereocenters. The minimum absolute atomic E-state index is 0.295. The molecule has 2 atom stereocenters. The van der Waals surface area contributed by atoms with E-state index in [1.807, 2.05) is 0 Å². The maximum atomic E-state index is 11.0. The van der Waals surface area contributed by atoms with Crippen LogP contribution >= 0.6 is 0 Å². The van der Waals surface area contributed by atoms with Crippen LogP contribution in [0.15, 0.2) is 0 Å². The Morgan fingerprint density at radius 1 is 1.46 bits per heavy atom. The summed E-state index contributed by atoms with van der Waals surface area (Å²) in [6, 6.07) is 0.603. The largest absolute Gasteiger partial charge is 0.299 e. The molecule has 0 bridgehead atoms. The van der Waals surface area contributed by atoms with Crippen molar-refractivity contribution in [2.24, 2.45) is 5.92 Å². The Morgan fingerprint density at radius 2 is 2.15 bits per heavy atom. The van der Waals surface area contributed by atoms with Crippen LogP contribution in [0.2, 0.25) is 0 Å². The zero-order valence-electron chi connectivity index (χ0n) is 9.05. The minimum Gasteiger partial charge on any atom is -0.299 e. The van der Waals surface area contributed by atoms with E-state index in [-0.39, 0.29) is 0 Å². The van der Waals surface area contributed by atoms with Crippen LogP contribution in [0.3, 0.4) is 0 Å². The molecule has 1 aliphatic heterocycles. The highest BCUT2D eigenvalue weighted by molar-refractivity contribution is 5.77. The molecule has 1 rings (SSSR count). The normalized spacial score (nSPS) is 30.4. The number of hydrogen-bond acceptors (Lipinski definition) is 2. The predicted octanol–water partition coefficient (Wildman–Crippen LogP) is 2.09. The third kappa shape index (κ3) is 3.11. The molecule has 0 aromatic rings. The van der Waals surface area contributed by atoms with Gasteiger partial charge < -0.3 is 0 Å². The molecule has 1 fully saturated rings. The van der Waals surface area contributed by atoms with E-state index in [9.17, 15) is 4.79 Å². The molecule has 1 aliphatic rings. The summed E-state index contributed by atoms with van der Waals surface area (Å²) in [5, 5.41) is 0. The monoisotopic (exact) mass is 183 g/mol. The van der Waals surface area contributed by atoms with Crippen LogP contribution in [0, 0.1) is 5.92 Å². The van der Waals surface area contributed by atoms with E-state index in [0.29, 0.717) is 18.4 Å². The second-order valence-electron chi connectivity index (χ2n) is 4.33. The molecule has 0 N–H and O–H groups in total. The SMILES string of the molecule is CC[C@@H]1CC[C@H](C)N(CC(C)=O)C1. The van der Waals surface area contributed by atoms with Crippen molar-refractivity contribution in [2.75, 3.05) is 13.1 Å². The van der Waals surface area contributed by atoms with E-state index in [0.717, 1.165) is 12.5 Å². The fourth-order valence-corrected chi connectivity index (χ4v) is 2.10. The topological polar surface area (TPSA) is 20.3 Å². The molecule has 1 saturated heterocycles. The molecule has 2 nitrogen and oxygen atoms in total. The molecular formula is C11H21NO. The van der Waals surface area contributed by atoms with Gasteiger partial charge in [0.05, 0.1) is 6.54 Å². The maximum absolute atomic E-state index is 11.0. The number of Topliss-reactive ketones (excluding diaryl/α,β-unsaturated/α-hetero) is 1. The van der Waals surface area contributed by atoms with Crippen molar-refractivity contribution < 1.29 is 4.79 Å². The van der Waals surface area contributed by atoms with Crippen LogP contribution in [0.4, 0.5) is 0 Å². The van der Waals surface area contributed by atoms with Gasteiger partial charge in [-0.1, -0.05) is 13.3 Å². The molecule has 13 heavy (non-hydrogen) atoms. The molecule has 0 radical (unpaired) electrons. The van der Waals surface area contributed by atoms with E-state index in [4.69, 9.17) is 0 Å². The van der Waals surface area contributed by atoms with Crippen molar-refractivity contribution in [1.82, 2.24) is 4.90 Å². The summed E-state index contributed by atoms with van der Waals surface area (Å²) in [6.45, 7) is 7.93. The molecule has 0 spiro atoms. The lowest BCUT2D eigenvalue weighted by atomic mass is 9.91. The Labute approximate surface area is 81.3 Å². The fraction of sp³-hybridized carbons (Fsp3) is 0.909. The Bertz CT molecular complexity index is 179. The van der Waals surface area contributed by atoms with E-state index < -0.39 is 0 Å². The number of hydrogen-bond donors (Lipinski definition) is 0. The second-order valence-corrected chi connectivity index (χ2v) is 4.33. The highest BCUT2D eigenvalue weighted by Crippen LogP contribution is 2.23. The summed E-state index contributed by atoms with van der Waals surface area (Å²) in [5.74, 6) is 1.11. The molecule has 1 heterocycles. The van der Waals surface area contributed by atoms with Gasteiger partial charge in [0.25, 0.3) is 0 Å². The Kier molecular flexibility index (Phi) is 3.91. The zero-order valence-corrected chi connectivity index (χ0v) is 9.05. The lowest BCUT2D eigenvalue weighted by molar-refractivity contribution is -0.119. The standard InChI is InChI=1S/C11H21NO/c1-4-11-6-5-9(2)12(8-11)7-10(3)13/h9,11H,4-8H2,1-3H3/t9-,11+/m0/s1. The van der Waals surface area contributed by atoms with Crippen LogP contribution in [-0.2, 0) is 4.79 Å². The van der Waals surface area contributed by atoms with Gasteiger partial charge in [-0.25, -0.2) is 0 Å². The minimum atomic E-state index is 0.295. The van der Waals surface area contributed by atoms with Crippen LogP contribution in [0.1, 0.15) is 40.0 Å². The Morgan fingerprint density at radius 3 is 2.69 bits per heavy atom. The lowest BCUT2D eigenvalue weighted by Gasteiger charge is -2.37. The van der Waals surface area contributed by atoms with Gasteiger partial charge >= 0.3 is 0 Å². The van der Waals surface area contributed by atoms with E-state index in [1.54, 1.807) is 6.92 Å². The van der Waals surface area contributed by atoms with Crippen LogP contribution < -0.4 is 0 Å². The zero-order chi connectivity index (χ0) is 9.84. The third-order valence-corrected chi connectivity index (χ3v) is 3.11. The molecule has 76 valence electrons. The van der Waals surface area contributed by atoms with Gasteiger partial charge in [0.2, 0.25) is 0 Å². The highest BCUT2D eigenvalue weighted by atomic mass is 16.1. The number of likely N-dealkylation sites (tertiary alicyclic amines) is 1. The van der Waals surface area contributed by atoms with E-state index in [1.165, 1.54) is 19.3 Å². The van der Waals surface area contributed by atoms with Crippen molar-refractivity contribution >= 4 is 5.78 Å². The number of carbonyl (C=O) groups is 1. The summed E-state index contributed by atoms with van der Waals surface area (Å²) < 4.78 is 0. The first-order valence-corrected chi connectivity index (χ1v) is 5.37. The van der Waals surface area contributed by atoms with Gasteiger partial charge in [0, 0.05) is 12.6 Å². The number of carbonyl (C=O) groups excluding carboxylic acids is 1. The number of rotatable bonds is 3. The summed E-state index contributed by atoms with van der Waals surface area (Å²) in [5.41, 5.74) is 0. The number of piperidine rings is 1. The second kappa shape index (κ2) is 4.75. The quantitative estimate of drug-likeness (QED) is 0.667. The fourth-order valence-electron chi connectivity index (χ4n) is 2.10. The number of ketones is 1. The highest BCUT2D eigenvalue weighted by Gasteiger charge is 2.24. The number of nitrogens with zero attached hydrogens (tertiary/aromatic N) is 1. The Hall–Kier alpha value is -0.370. The van der Waals surface area contributed by atoms with Crippen LogP contribution in [-0.4, -0.2) is 29.8 Å². The van der Waals surface area contributed by atoms with E-state index >= 15 is 0 Å². The lowest BCUT2D eigenvalue weighted by Crippen LogP contribution is -2.43. The predicted molar refractivity (Wildman–Crippen MR) is 54.7 cm³/mol. The van der Waals surface area contributed by atoms with Gasteiger partial charge in [0.15, 0.2) is 0 Å². The van der Waals surface area contributed by atoms with Crippen LogP contribution in [0.25, 0.3) is 0 Å². The molecule has 0 saturated carbocycles. The molecule has 0 amide bonds. The summed E-state index contributed by atoms with van der Waals surface area (Å²) in [4.78, 5) is 13.3. The average Bonchev–Trinajstić information content (AvgIpc) is 2.08. The third-order valence-electron chi connectivity index (χ3n) is 3.11. The smallest absolute Gasteiger partial charge is 0.143 e. The maximum Gasteiger partial charge on any atom is 0.143 e. The van der Waals surface area contributed by atoms with Crippen molar-refractivity contribution in [3.63, 3.8) is 0 Å². The van der Waals surface area contributed by atoms with E-state index in [2.05, 4.69) is 18.7 Å². The summed E-state index contributed by atoms with van der Waals surface area (Å²) in [6.07, 6.45) is 3.85. The van der Waals surface area contributed by atoms with Crippen molar-refractivity contribution in [3.05, 3.63) is 0 Å². The first-order chi connectivity index (χ1) is 6.13. The molecule has 0 aromatic carbocycles. The van der Waals surface area contributed by atoms with Gasteiger partial charge in [-0.3, -0.25) is 9.69 Å². The first kappa shape index (κ1) is 10.7. The van der Waals surface area contributed by atoms with Gasteiger partial charge in [-0.05, 0) is 32.6 Å². The first-order valence-electron chi connectivity index (χ1n) is 5.37. The van der Waals surface area contributed by atoms with Crippen molar-refractivity contribution in [2.45, 2.75) is 46.1 Å². The van der Waals surface area contributed by atoms with Crippen LogP contribution in [0.5, 0.6) is 0 Å².